The van der Waals surface area contributed by atoms with Gasteiger partial charge in [0, 0.05) is 34.1 Å². The number of benzene rings is 2. The second kappa shape index (κ2) is 5.54. The van der Waals surface area contributed by atoms with E-state index in [0.29, 0.717) is 16.1 Å². The first kappa shape index (κ1) is 13.6. The maximum absolute atomic E-state index is 13.0. The molecule has 0 spiro atoms. The smallest absolute Gasteiger partial charge is 0.195 e. The van der Waals surface area contributed by atoms with E-state index in [1.54, 1.807) is 48.8 Å². The lowest BCUT2D eigenvalue weighted by Crippen LogP contribution is -2.01. The zero-order valence-corrected chi connectivity index (χ0v) is 11.7. The molecule has 4 heteroatoms. The topological polar surface area (TPSA) is 32.9 Å². The van der Waals surface area contributed by atoms with Gasteiger partial charge >= 0.3 is 0 Å². The molecule has 21 heavy (non-hydrogen) atoms. The fourth-order valence-corrected chi connectivity index (χ4v) is 2.30. The van der Waals surface area contributed by atoms with Crippen molar-refractivity contribution in [1.82, 2.24) is 4.98 Å². The van der Waals surface area contributed by atoms with Gasteiger partial charge in [-0.3, -0.25) is 4.79 Å². The van der Waals surface area contributed by atoms with Crippen molar-refractivity contribution < 1.29 is 9.18 Å². The number of H-pyrrole nitrogens is 1. The van der Waals surface area contributed by atoms with Crippen LogP contribution in [0.4, 0.5) is 4.39 Å². The second-order valence-electron chi connectivity index (χ2n) is 4.63. The maximum atomic E-state index is 13.0. The zero-order chi connectivity index (χ0) is 14.8. The van der Waals surface area contributed by atoms with Crippen LogP contribution in [0, 0.1) is 5.82 Å². The van der Waals surface area contributed by atoms with Gasteiger partial charge in [-0.2, -0.15) is 0 Å². The highest BCUT2D eigenvalue weighted by molar-refractivity contribution is 6.30. The van der Waals surface area contributed by atoms with Gasteiger partial charge in [0.05, 0.1) is 0 Å². The van der Waals surface area contributed by atoms with E-state index in [1.165, 1.54) is 12.1 Å². The highest BCUT2D eigenvalue weighted by Crippen LogP contribution is 2.26. The third-order valence-electron chi connectivity index (χ3n) is 3.25. The summed E-state index contributed by atoms with van der Waals surface area (Å²) in [5, 5.41) is 0.583. The molecule has 0 atom stereocenters. The summed E-state index contributed by atoms with van der Waals surface area (Å²) in [6.07, 6.45) is 3.38. The highest BCUT2D eigenvalue weighted by Gasteiger charge is 2.15. The second-order valence-corrected chi connectivity index (χ2v) is 5.06. The van der Waals surface area contributed by atoms with E-state index >= 15 is 0 Å². The molecule has 0 saturated carbocycles. The van der Waals surface area contributed by atoms with Gasteiger partial charge in [-0.15, -0.1) is 0 Å². The molecule has 1 N–H and O–H groups in total. The van der Waals surface area contributed by atoms with Gasteiger partial charge in [0.15, 0.2) is 5.78 Å². The Bertz CT molecular complexity index is 775. The van der Waals surface area contributed by atoms with Crippen molar-refractivity contribution in [3.05, 3.63) is 82.9 Å². The Labute approximate surface area is 126 Å². The fourth-order valence-electron chi connectivity index (χ4n) is 2.18. The lowest BCUT2D eigenvalue weighted by Gasteiger charge is -2.04. The molecule has 0 radical (unpaired) electrons. The number of halogens is 2. The number of nitrogens with one attached hydrogen (secondary N) is 1. The molecular weight excluding hydrogens is 289 g/mol. The van der Waals surface area contributed by atoms with Gasteiger partial charge in [0.2, 0.25) is 0 Å². The molecule has 2 nitrogen and oxygen atoms in total. The number of carbonyl (C=O) groups is 1. The van der Waals surface area contributed by atoms with Crippen LogP contribution in [-0.2, 0) is 0 Å². The fraction of sp³-hybridized carbons (Fsp3) is 0. The number of ketones is 1. The van der Waals surface area contributed by atoms with Crippen LogP contribution in [0.1, 0.15) is 15.9 Å². The van der Waals surface area contributed by atoms with Crippen molar-refractivity contribution in [2.45, 2.75) is 0 Å². The van der Waals surface area contributed by atoms with Crippen LogP contribution in [0.25, 0.3) is 11.1 Å². The zero-order valence-electron chi connectivity index (χ0n) is 10.9. The van der Waals surface area contributed by atoms with Gasteiger partial charge in [-0.1, -0.05) is 23.7 Å². The van der Waals surface area contributed by atoms with Crippen LogP contribution in [0.3, 0.4) is 0 Å². The van der Waals surface area contributed by atoms with Crippen molar-refractivity contribution in [3.63, 3.8) is 0 Å². The molecule has 0 fully saturated rings. The van der Waals surface area contributed by atoms with E-state index in [4.69, 9.17) is 11.6 Å². The van der Waals surface area contributed by atoms with Crippen molar-refractivity contribution in [1.29, 1.82) is 0 Å². The molecular formula is C17H11ClFNO. The average molecular weight is 300 g/mol. The molecule has 0 unspecified atom stereocenters. The Kier molecular flexibility index (Phi) is 3.59. The molecule has 0 aliphatic rings. The summed E-state index contributed by atoms with van der Waals surface area (Å²) in [6.45, 7) is 0. The Balaban J connectivity index is 2.00. The van der Waals surface area contributed by atoms with E-state index in [1.807, 2.05) is 0 Å². The van der Waals surface area contributed by atoms with E-state index in [2.05, 4.69) is 4.98 Å². The normalized spacial score (nSPS) is 10.6. The highest BCUT2D eigenvalue weighted by atomic mass is 35.5. The molecule has 0 amide bonds. The summed E-state index contributed by atoms with van der Waals surface area (Å²) < 4.78 is 13.0. The maximum Gasteiger partial charge on any atom is 0.195 e. The van der Waals surface area contributed by atoms with Gasteiger partial charge in [0.25, 0.3) is 0 Å². The van der Waals surface area contributed by atoms with Crippen molar-refractivity contribution in [2.24, 2.45) is 0 Å². The Hall–Kier alpha value is -2.39. The van der Waals surface area contributed by atoms with Crippen LogP contribution in [-0.4, -0.2) is 10.8 Å². The number of carbonyl (C=O) groups excluding carboxylic acids is 1. The van der Waals surface area contributed by atoms with Crippen LogP contribution >= 0.6 is 11.6 Å². The molecule has 1 heterocycles. The number of aromatic amines is 1. The monoisotopic (exact) mass is 299 g/mol. The third-order valence-corrected chi connectivity index (χ3v) is 3.50. The van der Waals surface area contributed by atoms with Crippen molar-refractivity contribution in [3.8, 4) is 11.1 Å². The quantitative estimate of drug-likeness (QED) is 0.698. The summed E-state index contributed by atoms with van der Waals surface area (Å²) in [5.41, 5.74) is 2.64. The number of hydrogen-bond acceptors (Lipinski definition) is 1. The lowest BCUT2D eigenvalue weighted by molar-refractivity contribution is 0.103. The van der Waals surface area contributed by atoms with E-state index in [0.717, 1.165) is 11.1 Å². The molecule has 3 aromatic rings. The predicted molar refractivity (Wildman–Crippen MR) is 81.1 cm³/mol. The Morgan fingerprint density at radius 3 is 2.29 bits per heavy atom. The molecule has 0 aliphatic heterocycles. The summed E-state index contributed by atoms with van der Waals surface area (Å²) in [4.78, 5) is 15.5. The molecule has 0 bridgehead atoms. The first-order chi connectivity index (χ1) is 10.1. The minimum atomic E-state index is -0.306. The molecule has 104 valence electrons. The van der Waals surface area contributed by atoms with Gasteiger partial charge in [0.1, 0.15) is 5.82 Å². The number of aromatic nitrogens is 1. The number of rotatable bonds is 3. The van der Waals surface area contributed by atoms with Crippen molar-refractivity contribution >= 4 is 17.4 Å². The molecule has 0 aliphatic carbocycles. The first-order valence-corrected chi connectivity index (χ1v) is 6.76. The summed E-state index contributed by atoms with van der Waals surface area (Å²) in [6, 6.07) is 12.8. The van der Waals surface area contributed by atoms with Crippen LogP contribution < -0.4 is 0 Å². The van der Waals surface area contributed by atoms with Crippen LogP contribution in [0.15, 0.2) is 60.9 Å². The first-order valence-electron chi connectivity index (χ1n) is 6.38. The molecule has 3 rings (SSSR count). The SMILES string of the molecule is O=C(c1ccc(Cl)cc1)c1c[nH]cc1-c1ccc(F)cc1. The summed E-state index contributed by atoms with van der Waals surface area (Å²) >= 11 is 5.83. The van der Waals surface area contributed by atoms with Gasteiger partial charge in [-0.05, 0) is 42.0 Å². The van der Waals surface area contributed by atoms with Gasteiger partial charge in [-0.25, -0.2) is 4.39 Å². The van der Waals surface area contributed by atoms with E-state index in [-0.39, 0.29) is 11.6 Å². The van der Waals surface area contributed by atoms with Crippen LogP contribution in [0.5, 0.6) is 0 Å². The average Bonchev–Trinajstić information content (AvgIpc) is 2.97. The third kappa shape index (κ3) is 2.73. The molecule has 0 saturated heterocycles. The Morgan fingerprint density at radius 1 is 0.952 bits per heavy atom. The predicted octanol–water partition coefficient (Wildman–Crippen LogP) is 4.71. The van der Waals surface area contributed by atoms with E-state index < -0.39 is 0 Å². The van der Waals surface area contributed by atoms with Crippen LogP contribution in [0.2, 0.25) is 5.02 Å². The van der Waals surface area contributed by atoms with Crippen molar-refractivity contribution in [2.75, 3.05) is 0 Å². The standard InChI is InChI=1S/C17H11ClFNO/c18-13-5-1-12(2-6-13)17(21)16-10-20-9-15(16)11-3-7-14(19)8-4-11/h1-10,20H. The molecule has 2 aromatic carbocycles. The minimum absolute atomic E-state index is 0.104. The summed E-state index contributed by atoms with van der Waals surface area (Å²) in [5.74, 6) is -0.410. The van der Waals surface area contributed by atoms with E-state index in [9.17, 15) is 9.18 Å². The molecule has 1 aromatic heterocycles. The Morgan fingerprint density at radius 2 is 1.62 bits per heavy atom. The van der Waals surface area contributed by atoms with Gasteiger partial charge < -0.3 is 4.98 Å². The largest absolute Gasteiger partial charge is 0.366 e. The minimum Gasteiger partial charge on any atom is -0.366 e. The number of hydrogen-bond donors (Lipinski definition) is 1. The summed E-state index contributed by atoms with van der Waals surface area (Å²) in [7, 11) is 0. The lowest BCUT2D eigenvalue weighted by atomic mass is 9.98.